The summed E-state index contributed by atoms with van der Waals surface area (Å²) in [4.78, 5) is 0. The van der Waals surface area contributed by atoms with Crippen LogP contribution in [0.1, 0.15) is 47.5 Å². The Balaban J connectivity index is 3.66. The van der Waals surface area contributed by atoms with Crippen molar-refractivity contribution in [3.63, 3.8) is 0 Å². The monoisotopic (exact) mass is 201 g/mol. The van der Waals surface area contributed by atoms with Gasteiger partial charge < -0.3 is 10.5 Å². The van der Waals surface area contributed by atoms with Gasteiger partial charge in [-0.3, -0.25) is 0 Å². The summed E-state index contributed by atoms with van der Waals surface area (Å²) < 4.78 is 5.43. The highest BCUT2D eigenvalue weighted by Gasteiger charge is 2.21. The average molecular weight is 201 g/mol. The van der Waals surface area contributed by atoms with E-state index in [4.69, 9.17) is 10.5 Å². The van der Waals surface area contributed by atoms with Gasteiger partial charge in [0.15, 0.2) is 0 Å². The van der Waals surface area contributed by atoms with Crippen molar-refractivity contribution in [3.8, 4) is 0 Å². The van der Waals surface area contributed by atoms with Gasteiger partial charge in [0.25, 0.3) is 0 Å². The third-order valence-corrected chi connectivity index (χ3v) is 2.82. The Hall–Kier alpha value is -0.0800. The smallest absolute Gasteiger partial charge is 0.0617 e. The quantitative estimate of drug-likeness (QED) is 0.671. The predicted molar refractivity (Wildman–Crippen MR) is 62.3 cm³/mol. The molecule has 14 heavy (non-hydrogen) atoms. The molecule has 2 unspecified atom stereocenters. The van der Waals surface area contributed by atoms with E-state index in [0.29, 0.717) is 17.9 Å². The molecule has 0 aromatic heterocycles. The molecule has 0 heterocycles. The first-order chi connectivity index (χ1) is 6.38. The fraction of sp³-hybridized carbons (Fsp3) is 1.00. The van der Waals surface area contributed by atoms with Gasteiger partial charge in [0, 0.05) is 12.6 Å². The zero-order valence-electron chi connectivity index (χ0n) is 10.5. The second-order valence-electron chi connectivity index (χ2n) is 5.34. The van der Waals surface area contributed by atoms with Crippen molar-refractivity contribution >= 4 is 0 Å². The minimum Gasteiger partial charge on any atom is -0.380 e. The maximum Gasteiger partial charge on any atom is 0.0617 e. The van der Waals surface area contributed by atoms with E-state index in [1.807, 2.05) is 0 Å². The van der Waals surface area contributed by atoms with Crippen LogP contribution < -0.4 is 5.73 Å². The van der Waals surface area contributed by atoms with Gasteiger partial charge in [0.1, 0.15) is 0 Å². The van der Waals surface area contributed by atoms with Crippen molar-refractivity contribution in [2.24, 2.45) is 17.1 Å². The van der Waals surface area contributed by atoms with Gasteiger partial charge >= 0.3 is 0 Å². The Bertz CT molecular complexity index is 140. The van der Waals surface area contributed by atoms with Gasteiger partial charge in [0.2, 0.25) is 0 Å². The third-order valence-electron chi connectivity index (χ3n) is 2.82. The molecule has 0 radical (unpaired) electrons. The summed E-state index contributed by atoms with van der Waals surface area (Å²) in [5, 5.41) is 0. The molecule has 0 aliphatic carbocycles. The van der Waals surface area contributed by atoms with E-state index in [-0.39, 0.29) is 6.04 Å². The summed E-state index contributed by atoms with van der Waals surface area (Å²) in [6, 6.07) is 0.191. The largest absolute Gasteiger partial charge is 0.380 e. The standard InChI is InChI=1S/C12H27NO/c1-6-7-14-9-11(13)8-10(2)12(3,4)5/h10-11H,6-9,13H2,1-5H3. The highest BCUT2D eigenvalue weighted by molar-refractivity contribution is 4.74. The molecule has 0 aliphatic rings. The van der Waals surface area contributed by atoms with Crippen LogP contribution in [0.3, 0.4) is 0 Å². The average Bonchev–Trinajstić information content (AvgIpc) is 2.03. The van der Waals surface area contributed by atoms with Gasteiger partial charge in [-0.15, -0.1) is 0 Å². The van der Waals surface area contributed by atoms with E-state index in [9.17, 15) is 0 Å². The minimum atomic E-state index is 0.191. The van der Waals surface area contributed by atoms with Crippen LogP contribution in [-0.4, -0.2) is 19.3 Å². The number of rotatable bonds is 6. The van der Waals surface area contributed by atoms with E-state index in [0.717, 1.165) is 19.4 Å². The minimum absolute atomic E-state index is 0.191. The van der Waals surface area contributed by atoms with E-state index in [2.05, 4.69) is 34.6 Å². The number of ether oxygens (including phenoxy) is 1. The predicted octanol–water partition coefficient (Wildman–Crippen LogP) is 2.81. The lowest BCUT2D eigenvalue weighted by Crippen LogP contribution is -2.32. The molecule has 0 aromatic rings. The van der Waals surface area contributed by atoms with Crippen LogP contribution in [0, 0.1) is 11.3 Å². The van der Waals surface area contributed by atoms with Gasteiger partial charge in [0.05, 0.1) is 6.61 Å². The fourth-order valence-corrected chi connectivity index (χ4v) is 1.25. The summed E-state index contributed by atoms with van der Waals surface area (Å²) in [6.45, 7) is 12.7. The van der Waals surface area contributed by atoms with Crippen LogP contribution in [0.4, 0.5) is 0 Å². The van der Waals surface area contributed by atoms with Crippen LogP contribution in [0.2, 0.25) is 0 Å². The number of hydrogen-bond acceptors (Lipinski definition) is 2. The molecule has 86 valence electrons. The molecule has 0 spiro atoms. The van der Waals surface area contributed by atoms with Gasteiger partial charge in [-0.2, -0.15) is 0 Å². The second kappa shape index (κ2) is 6.41. The molecule has 0 bridgehead atoms. The van der Waals surface area contributed by atoms with Crippen LogP contribution in [0.25, 0.3) is 0 Å². The molecule has 0 aromatic carbocycles. The van der Waals surface area contributed by atoms with E-state index < -0.39 is 0 Å². The first-order valence-electron chi connectivity index (χ1n) is 5.71. The second-order valence-corrected chi connectivity index (χ2v) is 5.34. The lowest BCUT2D eigenvalue weighted by Gasteiger charge is -2.29. The first kappa shape index (κ1) is 13.9. The maximum atomic E-state index is 5.99. The van der Waals surface area contributed by atoms with Crippen molar-refractivity contribution in [3.05, 3.63) is 0 Å². The van der Waals surface area contributed by atoms with E-state index in [1.54, 1.807) is 0 Å². The van der Waals surface area contributed by atoms with Gasteiger partial charge in [-0.25, -0.2) is 0 Å². The Morgan fingerprint density at radius 1 is 1.29 bits per heavy atom. The van der Waals surface area contributed by atoms with Crippen molar-refractivity contribution < 1.29 is 4.74 Å². The first-order valence-corrected chi connectivity index (χ1v) is 5.71. The Labute approximate surface area is 89.2 Å². The molecule has 0 aliphatic heterocycles. The van der Waals surface area contributed by atoms with Crippen LogP contribution in [0.15, 0.2) is 0 Å². The SMILES string of the molecule is CCCOCC(N)CC(C)C(C)(C)C. The van der Waals surface area contributed by atoms with Crippen molar-refractivity contribution in [2.45, 2.75) is 53.5 Å². The lowest BCUT2D eigenvalue weighted by molar-refractivity contribution is 0.106. The molecule has 0 saturated carbocycles. The molecule has 0 fully saturated rings. The molecule has 2 N–H and O–H groups in total. The summed E-state index contributed by atoms with van der Waals surface area (Å²) >= 11 is 0. The lowest BCUT2D eigenvalue weighted by atomic mass is 9.79. The summed E-state index contributed by atoms with van der Waals surface area (Å²) in [7, 11) is 0. The Morgan fingerprint density at radius 3 is 2.29 bits per heavy atom. The Kier molecular flexibility index (Phi) is 6.38. The number of hydrogen-bond donors (Lipinski definition) is 1. The summed E-state index contributed by atoms with van der Waals surface area (Å²) in [6.07, 6.45) is 2.12. The van der Waals surface area contributed by atoms with Crippen molar-refractivity contribution in [1.29, 1.82) is 0 Å². The summed E-state index contributed by atoms with van der Waals surface area (Å²) in [5.74, 6) is 0.641. The summed E-state index contributed by atoms with van der Waals surface area (Å²) in [5.41, 5.74) is 6.34. The maximum absolute atomic E-state index is 5.99. The number of nitrogens with two attached hydrogens (primary N) is 1. The van der Waals surface area contributed by atoms with Crippen molar-refractivity contribution in [2.75, 3.05) is 13.2 Å². The topological polar surface area (TPSA) is 35.2 Å². The van der Waals surface area contributed by atoms with E-state index in [1.165, 1.54) is 0 Å². The van der Waals surface area contributed by atoms with Crippen LogP contribution in [0.5, 0.6) is 0 Å². The highest BCUT2D eigenvalue weighted by atomic mass is 16.5. The zero-order chi connectivity index (χ0) is 11.2. The molecule has 0 saturated heterocycles. The molecule has 0 amide bonds. The molecule has 2 heteroatoms. The van der Waals surface area contributed by atoms with Crippen LogP contribution >= 0.6 is 0 Å². The normalized spacial score (nSPS) is 16.7. The molecule has 2 atom stereocenters. The third kappa shape index (κ3) is 6.39. The molecular weight excluding hydrogens is 174 g/mol. The molecular formula is C12H27NO. The van der Waals surface area contributed by atoms with E-state index >= 15 is 0 Å². The van der Waals surface area contributed by atoms with Gasteiger partial charge in [-0.05, 0) is 24.2 Å². The molecule has 0 rings (SSSR count). The highest BCUT2D eigenvalue weighted by Crippen LogP contribution is 2.28. The molecule has 2 nitrogen and oxygen atoms in total. The van der Waals surface area contributed by atoms with Gasteiger partial charge in [-0.1, -0.05) is 34.6 Å². The Morgan fingerprint density at radius 2 is 1.86 bits per heavy atom. The van der Waals surface area contributed by atoms with Crippen LogP contribution in [-0.2, 0) is 4.74 Å². The van der Waals surface area contributed by atoms with Crippen molar-refractivity contribution in [1.82, 2.24) is 0 Å². The zero-order valence-corrected chi connectivity index (χ0v) is 10.5. The fourth-order valence-electron chi connectivity index (χ4n) is 1.25.